The minimum absolute atomic E-state index is 0.506. The van der Waals surface area contributed by atoms with Crippen LogP contribution >= 0.6 is 0 Å². The molecule has 1 atom stereocenters. The van der Waals surface area contributed by atoms with Crippen LogP contribution in [0.4, 0.5) is 0 Å². The van der Waals surface area contributed by atoms with Crippen molar-refractivity contribution in [3.63, 3.8) is 0 Å². The fourth-order valence-corrected chi connectivity index (χ4v) is 2.40. The normalized spacial score (nSPS) is 12.3. The van der Waals surface area contributed by atoms with E-state index < -0.39 is 0 Å². The van der Waals surface area contributed by atoms with E-state index in [0.717, 1.165) is 31.1 Å². The first-order chi connectivity index (χ1) is 10.2. The van der Waals surface area contributed by atoms with Gasteiger partial charge in [-0.05, 0) is 44.5 Å². The third kappa shape index (κ3) is 4.90. The molecule has 0 saturated heterocycles. The lowest BCUT2D eigenvalue weighted by molar-refractivity contribution is 0.297. The molecular formula is C17H25N3O. The summed E-state index contributed by atoms with van der Waals surface area (Å²) in [6.07, 6.45) is 4.84. The number of imidazole rings is 1. The van der Waals surface area contributed by atoms with Crippen LogP contribution in [0.25, 0.3) is 0 Å². The molecule has 1 aromatic carbocycles. The van der Waals surface area contributed by atoms with E-state index in [9.17, 15) is 0 Å². The molecule has 0 aliphatic rings. The summed E-state index contributed by atoms with van der Waals surface area (Å²) in [4.78, 5) is 4.20. The first kappa shape index (κ1) is 15.6. The summed E-state index contributed by atoms with van der Waals surface area (Å²) in [5.41, 5.74) is 1.33. The molecule has 1 N–H and O–H groups in total. The van der Waals surface area contributed by atoms with Gasteiger partial charge in [0.15, 0.2) is 0 Å². The number of aryl methyl sites for hydroxylation is 1. The van der Waals surface area contributed by atoms with Gasteiger partial charge >= 0.3 is 0 Å². The maximum absolute atomic E-state index is 5.78. The molecule has 0 radical (unpaired) electrons. The van der Waals surface area contributed by atoms with E-state index in [2.05, 4.69) is 53.0 Å². The molecule has 2 rings (SSSR count). The molecule has 0 aliphatic carbocycles. The number of rotatable bonds is 8. The Balaban J connectivity index is 1.78. The average Bonchev–Trinajstić information content (AvgIpc) is 2.87. The van der Waals surface area contributed by atoms with Crippen LogP contribution in [0.3, 0.4) is 0 Å². The molecule has 114 valence electrons. The van der Waals surface area contributed by atoms with Crippen LogP contribution in [0.15, 0.2) is 36.7 Å². The maximum Gasteiger partial charge on any atom is 0.119 e. The maximum atomic E-state index is 5.78. The molecule has 1 heterocycles. The van der Waals surface area contributed by atoms with Gasteiger partial charge in [0, 0.05) is 18.4 Å². The van der Waals surface area contributed by atoms with Gasteiger partial charge < -0.3 is 14.6 Å². The lowest BCUT2D eigenvalue weighted by atomic mass is 10.1. The van der Waals surface area contributed by atoms with Crippen molar-refractivity contribution in [3.8, 4) is 5.75 Å². The summed E-state index contributed by atoms with van der Waals surface area (Å²) in [5, 5.41) is 3.42. The molecule has 0 fully saturated rings. The van der Waals surface area contributed by atoms with Crippen LogP contribution in [0.5, 0.6) is 5.75 Å². The molecule has 1 aromatic heterocycles. The monoisotopic (exact) mass is 287 g/mol. The molecule has 0 spiro atoms. The molecule has 21 heavy (non-hydrogen) atoms. The second-order valence-electron chi connectivity index (χ2n) is 5.32. The first-order valence-corrected chi connectivity index (χ1v) is 7.62. The summed E-state index contributed by atoms with van der Waals surface area (Å²) < 4.78 is 7.87. The zero-order chi connectivity index (χ0) is 15.1. The Bertz CT molecular complexity index is 533. The molecule has 0 bridgehead atoms. The zero-order valence-corrected chi connectivity index (χ0v) is 13.2. The Labute approximate surface area is 127 Å². The van der Waals surface area contributed by atoms with Crippen molar-refractivity contribution in [2.75, 3.05) is 13.2 Å². The fraction of sp³-hybridized carbons (Fsp3) is 0.471. The number of hydrogen-bond donors (Lipinski definition) is 1. The quantitative estimate of drug-likeness (QED) is 0.811. The largest absolute Gasteiger partial charge is 0.492 e. The minimum Gasteiger partial charge on any atom is -0.492 e. The summed E-state index contributed by atoms with van der Waals surface area (Å²) in [6.45, 7) is 8.84. The first-order valence-electron chi connectivity index (χ1n) is 7.62. The molecule has 4 nitrogen and oxygen atoms in total. The van der Waals surface area contributed by atoms with Crippen molar-refractivity contribution in [1.29, 1.82) is 0 Å². The standard InChI is InChI=1S/C17H25N3O/c1-4-18-14(2)13-16-5-7-17(8-6-16)21-12-11-20-10-9-19-15(20)3/h5-10,14,18H,4,11-13H2,1-3H3. The van der Waals surface area contributed by atoms with E-state index in [1.54, 1.807) is 0 Å². The van der Waals surface area contributed by atoms with E-state index >= 15 is 0 Å². The van der Waals surface area contributed by atoms with Gasteiger partial charge in [-0.1, -0.05) is 19.1 Å². The number of aromatic nitrogens is 2. The van der Waals surface area contributed by atoms with E-state index in [4.69, 9.17) is 4.74 Å². The SMILES string of the molecule is CCNC(C)Cc1ccc(OCCn2ccnc2C)cc1. The highest BCUT2D eigenvalue weighted by atomic mass is 16.5. The summed E-state index contributed by atoms with van der Waals surface area (Å²) in [5.74, 6) is 1.94. The molecular weight excluding hydrogens is 262 g/mol. The van der Waals surface area contributed by atoms with E-state index in [-0.39, 0.29) is 0 Å². The van der Waals surface area contributed by atoms with Crippen LogP contribution in [0.1, 0.15) is 25.2 Å². The van der Waals surface area contributed by atoms with E-state index in [0.29, 0.717) is 12.6 Å². The van der Waals surface area contributed by atoms with Crippen molar-refractivity contribution in [1.82, 2.24) is 14.9 Å². The number of likely N-dealkylation sites (N-methyl/N-ethyl adjacent to an activating group) is 1. The second-order valence-corrected chi connectivity index (χ2v) is 5.32. The van der Waals surface area contributed by atoms with E-state index in [1.165, 1.54) is 5.56 Å². The molecule has 1 unspecified atom stereocenters. The number of ether oxygens (including phenoxy) is 1. The molecule has 2 aromatic rings. The summed E-state index contributed by atoms with van der Waals surface area (Å²) in [6, 6.07) is 8.90. The molecule has 0 saturated carbocycles. The van der Waals surface area contributed by atoms with Gasteiger partial charge in [-0.25, -0.2) is 4.98 Å². The lowest BCUT2D eigenvalue weighted by Crippen LogP contribution is -2.27. The Morgan fingerprint density at radius 1 is 1.29 bits per heavy atom. The van der Waals surface area contributed by atoms with Gasteiger partial charge in [0.25, 0.3) is 0 Å². The summed E-state index contributed by atoms with van der Waals surface area (Å²) >= 11 is 0. The topological polar surface area (TPSA) is 39.1 Å². The number of hydrogen-bond acceptors (Lipinski definition) is 3. The zero-order valence-electron chi connectivity index (χ0n) is 13.2. The van der Waals surface area contributed by atoms with Crippen LogP contribution in [-0.4, -0.2) is 28.7 Å². The summed E-state index contributed by atoms with van der Waals surface area (Å²) in [7, 11) is 0. The van der Waals surface area contributed by atoms with Crippen molar-refractivity contribution in [2.24, 2.45) is 0 Å². The average molecular weight is 287 g/mol. The highest BCUT2D eigenvalue weighted by molar-refractivity contribution is 5.27. The van der Waals surface area contributed by atoms with Crippen molar-refractivity contribution in [3.05, 3.63) is 48.0 Å². The van der Waals surface area contributed by atoms with Gasteiger partial charge in [0.1, 0.15) is 18.2 Å². The lowest BCUT2D eigenvalue weighted by Gasteiger charge is -2.13. The second kappa shape index (κ2) is 7.84. The Hall–Kier alpha value is -1.81. The third-order valence-electron chi connectivity index (χ3n) is 3.54. The van der Waals surface area contributed by atoms with Gasteiger partial charge in [-0.2, -0.15) is 0 Å². The minimum atomic E-state index is 0.506. The van der Waals surface area contributed by atoms with Crippen molar-refractivity contribution in [2.45, 2.75) is 39.8 Å². The predicted octanol–water partition coefficient (Wildman–Crippen LogP) is 2.81. The van der Waals surface area contributed by atoms with E-state index in [1.807, 2.05) is 19.3 Å². The van der Waals surface area contributed by atoms with Gasteiger partial charge in [-0.15, -0.1) is 0 Å². The van der Waals surface area contributed by atoms with Gasteiger partial charge in [0.05, 0.1) is 6.54 Å². The Kier molecular flexibility index (Phi) is 5.81. The number of benzene rings is 1. The predicted molar refractivity (Wildman–Crippen MR) is 85.7 cm³/mol. The molecule has 4 heteroatoms. The van der Waals surface area contributed by atoms with Crippen LogP contribution in [-0.2, 0) is 13.0 Å². The van der Waals surface area contributed by atoms with Crippen LogP contribution in [0, 0.1) is 6.92 Å². The highest BCUT2D eigenvalue weighted by Gasteiger charge is 2.02. The van der Waals surface area contributed by atoms with Crippen molar-refractivity contribution >= 4 is 0 Å². The van der Waals surface area contributed by atoms with Gasteiger partial charge in [-0.3, -0.25) is 0 Å². The van der Waals surface area contributed by atoms with Crippen molar-refractivity contribution < 1.29 is 4.74 Å². The molecule has 0 amide bonds. The third-order valence-corrected chi connectivity index (χ3v) is 3.54. The van der Waals surface area contributed by atoms with Gasteiger partial charge in [0.2, 0.25) is 0 Å². The highest BCUT2D eigenvalue weighted by Crippen LogP contribution is 2.13. The number of nitrogens with one attached hydrogen (secondary N) is 1. The Morgan fingerprint density at radius 3 is 2.67 bits per heavy atom. The van der Waals surface area contributed by atoms with Crippen LogP contribution in [0.2, 0.25) is 0 Å². The Morgan fingerprint density at radius 2 is 2.05 bits per heavy atom. The molecule has 0 aliphatic heterocycles. The smallest absolute Gasteiger partial charge is 0.119 e. The van der Waals surface area contributed by atoms with Crippen LogP contribution < -0.4 is 10.1 Å². The number of nitrogens with zero attached hydrogens (tertiary/aromatic N) is 2. The fourth-order valence-electron chi connectivity index (χ4n) is 2.40.